The van der Waals surface area contributed by atoms with Gasteiger partial charge in [-0.25, -0.2) is 0 Å². The molecule has 0 aliphatic rings. The third-order valence-corrected chi connectivity index (χ3v) is 13.1. The highest BCUT2D eigenvalue weighted by molar-refractivity contribution is 7.32. The number of phenolic OH excluding ortho intramolecular Hbond substituents is 1. The van der Waals surface area contributed by atoms with Gasteiger partial charge < -0.3 is 18.0 Å². The van der Waals surface area contributed by atoms with Crippen LogP contribution in [0.5, 0.6) is 11.5 Å². The Hall–Kier alpha value is -3.62. The Labute approximate surface area is 371 Å². The molecule has 0 fully saturated rings. The van der Waals surface area contributed by atoms with Crippen molar-refractivity contribution >= 4 is 30.2 Å². The Balaban J connectivity index is 2.11. The summed E-state index contributed by atoms with van der Waals surface area (Å²) in [5, 5.41) is 14.6. The number of hydrogen-bond donors (Lipinski definition) is 1. The first-order valence-corrected chi connectivity index (χ1v) is 23.6. The number of rotatable bonds is 3. The van der Waals surface area contributed by atoms with Crippen LogP contribution in [0.25, 0.3) is 33.1 Å². The van der Waals surface area contributed by atoms with Crippen LogP contribution in [-0.4, -0.2) is 5.11 Å². The van der Waals surface area contributed by atoms with Gasteiger partial charge in [-0.05, 0) is 89.8 Å². The van der Waals surface area contributed by atoms with Crippen molar-refractivity contribution in [3.8, 4) is 22.6 Å². The van der Waals surface area contributed by atoms with Gasteiger partial charge in [0, 0.05) is 44.2 Å². The molecule has 1 heterocycles. The second kappa shape index (κ2) is 15.3. The maximum atomic E-state index is 12.5. The zero-order valence-electron chi connectivity index (χ0n) is 42.7. The molecular formula is C56H81O4P. The summed E-state index contributed by atoms with van der Waals surface area (Å²) in [5.41, 5.74) is 10.4. The van der Waals surface area contributed by atoms with E-state index in [1.165, 1.54) is 16.7 Å². The van der Waals surface area contributed by atoms with Crippen molar-refractivity contribution in [3.05, 3.63) is 93.0 Å². The fourth-order valence-corrected chi connectivity index (χ4v) is 9.03. The summed E-state index contributed by atoms with van der Waals surface area (Å²) in [6.45, 7) is 54.0. The molecular weight excluding hydrogens is 768 g/mol. The first kappa shape index (κ1) is 48.4. The summed E-state index contributed by atoms with van der Waals surface area (Å²) in [4.78, 5) is 0. The van der Waals surface area contributed by atoms with Crippen molar-refractivity contribution in [2.45, 2.75) is 209 Å². The minimum absolute atomic E-state index is 0.112. The number of phenols is 1. The second-order valence-electron chi connectivity index (χ2n) is 26.1. The van der Waals surface area contributed by atoms with E-state index in [1.807, 2.05) is 0 Å². The third-order valence-electron chi connectivity index (χ3n) is 12.2. The van der Waals surface area contributed by atoms with Gasteiger partial charge in [-0.2, -0.15) is 0 Å². The van der Waals surface area contributed by atoms with Crippen LogP contribution >= 0.6 is 8.24 Å². The van der Waals surface area contributed by atoms with E-state index in [9.17, 15) is 5.11 Å². The standard InChI is InChI=1S/C56H81O4P/c1-49(2,3)33-25-37(45(57)41(29-33)53(13,14)15)38-26-34(50(4,5)6)30-42(54(16,17)18)46(38)58-61-59-47-39(27-35(51(7,8)9)31-43(47)55(19,20)21)40-28-36(52(10,11)12)32-44(48(40)60-61)56(22,23)24/h25-32,57H,1-24H3. The Morgan fingerprint density at radius 1 is 0.361 bits per heavy atom. The molecule has 334 valence electrons. The van der Waals surface area contributed by atoms with Crippen LogP contribution in [0.15, 0.2) is 56.9 Å². The number of fused-ring (bicyclic) bond motifs is 3. The van der Waals surface area contributed by atoms with E-state index >= 15 is 0 Å². The van der Waals surface area contributed by atoms with E-state index in [0.717, 1.165) is 60.9 Å². The van der Waals surface area contributed by atoms with E-state index in [2.05, 4.69) is 215 Å². The Bertz CT molecular complexity index is 2410. The molecule has 5 heteroatoms. The molecule has 5 aromatic rings. The smallest absolute Gasteiger partial charge is 0.453 e. The zero-order chi connectivity index (χ0) is 46.6. The third kappa shape index (κ3) is 10.1. The molecule has 0 radical (unpaired) electrons. The van der Waals surface area contributed by atoms with Gasteiger partial charge in [0.15, 0.2) is 0 Å². The maximum absolute atomic E-state index is 12.5. The van der Waals surface area contributed by atoms with Crippen molar-refractivity contribution < 1.29 is 18.0 Å². The first-order valence-electron chi connectivity index (χ1n) is 22.5. The van der Waals surface area contributed by atoms with Crippen molar-refractivity contribution in [2.24, 2.45) is 0 Å². The lowest BCUT2D eigenvalue weighted by atomic mass is 9.75. The van der Waals surface area contributed by atoms with E-state index in [-0.39, 0.29) is 49.1 Å². The highest BCUT2D eigenvalue weighted by atomic mass is 31.1. The van der Waals surface area contributed by atoms with E-state index < -0.39 is 8.24 Å². The van der Waals surface area contributed by atoms with Crippen LogP contribution in [0.2, 0.25) is 0 Å². The minimum atomic E-state index is -2.11. The molecule has 0 aliphatic heterocycles. The first-order chi connectivity index (χ1) is 27.2. The Morgan fingerprint density at radius 2 is 0.656 bits per heavy atom. The molecule has 0 unspecified atom stereocenters. The molecule has 5 rings (SSSR count). The van der Waals surface area contributed by atoms with Crippen LogP contribution in [0.1, 0.15) is 211 Å². The van der Waals surface area contributed by atoms with Crippen molar-refractivity contribution in [1.82, 2.24) is 0 Å². The summed E-state index contributed by atoms with van der Waals surface area (Å²) in [6, 6.07) is 18.2. The molecule has 4 aromatic carbocycles. The quantitative estimate of drug-likeness (QED) is 0.196. The topological polar surface area (TPSA) is 55.7 Å². The van der Waals surface area contributed by atoms with Crippen LogP contribution in [0.4, 0.5) is 0 Å². The lowest BCUT2D eigenvalue weighted by Crippen LogP contribution is -2.19. The molecule has 1 N–H and O–H groups in total. The molecule has 61 heavy (non-hydrogen) atoms. The summed E-state index contributed by atoms with van der Waals surface area (Å²) < 4.78 is 22.2. The molecule has 0 saturated heterocycles. The maximum Gasteiger partial charge on any atom is 0.453 e. The van der Waals surface area contributed by atoms with Crippen molar-refractivity contribution in [3.63, 3.8) is 0 Å². The normalized spacial score (nSPS) is 14.0. The molecule has 0 aliphatic carbocycles. The molecule has 0 spiro atoms. The van der Waals surface area contributed by atoms with Crippen molar-refractivity contribution in [2.75, 3.05) is 0 Å². The van der Waals surface area contributed by atoms with Gasteiger partial charge in [0.1, 0.15) is 22.7 Å². The average molecular weight is 849 g/mol. The monoisotopic (exact) mass is 849 g/mol. The zero-order valence-corrected chi connectivity index (χ0v) is 43.6. The molecule has 0 amide bonds. The van der Waals surface area contributed by atoms with Crippen LogP contribution in [0, 0.1) is 0 Å². The molecule has 0 atom stereocenters. The van der Waals surface area contributed by atoms with Gasteiger partial charge in [0.25, 0.3) is 0 Å². The highest BCUT2D eigenvalue weighted by Crippen LogP contribution is 2.53. The van der Waals surface area contributed by atoms with E-state index in [1.54, 1.807) is 0 Å². The fourth-order valence-electron chi connectivity index (χ4n) is 7.88. The Morgan fingerprint density at radius 3 is 0.984 bits per heavy atom. The van der Waals surface area contributed by atoms with Crippen LogP contribution < -0.4 is 4.52 Å². The second-order valence-corrected chi connectivity index (χ2v) is 27.1. The average Bonchev–Trinajstić information content (AvgIpc) is 3.20. The van der Waals surface area contributed by atoms with E-state index in [0.29, 0.717) is 5.75 Å². The summed E-state index contributed by atoms with van der Waals surface area (Å²) in [5.74, 6) is 0.946. The highest BCUT2D eigenvalue weighted by Gasteiger charge is 2.34. The van der Waals surface area contributed by atoms with Crippen LogP contribution in [-0.2, 0) is 43.3 Å². The largest absolute Gasteiger partial charge is 0.507 e. The predicted molar refractivity (Wildman–Crippen MR) is 265 cm³/mol. The molecule has 1 aromatic heterocycles. The molecule has 0 bridgehead atoms. The number of aromatic hydroxyl groups is 1. The number of hydrogen-bond acceptors (Lipinski definition) is 4. The van der Waals surface area contributed by atoms with Gasteiger partial charge in [0.05, 0.1) is 0 Å². The predicted octanol–water partition coefficient (Wildman–Crippen LogP) is 17.9. The van der Waals surface area contributed by atoms with Gasteiger partial charge in [-0.1, -0.05) is 190 Å². The molecule has 0 saturated carbocycles. The van der Waals surface area contributed by atoms with Gasteiger partial charge in [-0.15, -0.1) is 0 Å². The number of benzene rings is 4. The van der Waals surface area contributed by atoms with Gasteiger partial charge in [0.2, 0.25) is 0 Å². The lowest BCUT2D eigenvalue weighted by Gasteiger charge is -2.31. The van der Waals surface area contributed by atoms with Crippen LogP contribution in [0.3, 0.4) is 0 Å². The summed E-state index contributed by atoms with van der Waals surface area (Å²) in [7, 11) is -2.11. The minimum Gasteiger partial charge on any atom is -0.507 e. The van der Waals surface area contributed by atoms with Gasteiger partial charge in [-0.3, -0.25) is 0 Å². The van der Waals surface area contributed by atoms with E-state index in [4.69, 9.17) is 12.9 Å². The summed E-state index contributed by atoms with van der Waals surface area (Å²) >= 11 is 0. The van der Waals surface area contributed by atoms with Crippen molar-refractivity contribution in [1.29, 1.82) is 0 Å². The Kier molecular flexibility index (Phi) is 12.1. The summed E-state index contributed by atoms with van der Waals surface area (Å²) in [6.07, 6.45) is 0. The molecule has 4 nitrogen and oxygen atoms in total. The SMILES string of the molecule is CC(C)(C)c1cc(-c2cc(C(C)(C)C)cc(C(C)(C)C)c2Op2oc3c(C(C)(C)C)cc(C(C)(C)C)cc3c3cc(C(C)(C)C)cc(C(C)(C)C)c3o2)c(O)c(C(C)(C)C)c1. The fraction of sp³-hybridized carbons (Fsp3) is 0.571. The van der Waals surface area contributed by atoms with Gasteiger partial charge >= 0.3 is 8.24 Å². The lowest BCUT2D eigenvalue weighted by molar-refractivity contribution is 0.445.